The van der Waals surface area contributed by atoms with Gasteiger partial charge in [0.2, 0.25) is 0 Å². The molecule has 2 heterocycles. The average molecular weight is 224 g/mol. The van der Waals surface area contributed by atoms with Crippen LogP contribution >= 0.6 is 23.1 Å². The third kappa shape index (κ3) is 2.09. The van der Waals surface area contributed by atoms with Gasteiger partial charge in [-0.15, -0.1) is 10.2 Å². The van der Waals surface area contributed by atoms with Gasteiger partial charge in [-0.2, -0.15) is 0 Å². The van der Waals surface area contributed by atoms with Gasteiger partial charge in [-0.3, -0.25) is 4.98 Å². The molecule has 0 unspecified atom stereocenters. The van der Waals surface area contributed by atoms with E-state index in [1.165, 1.54) is 11.3 Å². The topological polar surface area (TPSA) is 64.7 Å². The smallest absolute Gasteiger partial charge is 0.178 e. The average Bonchev–Trinajstić information content (AvgIpc) is 2.71. The summed E-state index contributed by atoms with van der Waals surface area (Å²) in [5.74, 6) is 0. The van der Waals surface area contributed by atoms with Crippen LogP contribution in [-0.4, -0.2) is 15.2 Å². The van der Waals surface area contributed by atoms with E-state index in [0.29, 0.717) is 6.54 Å². The van der Waals surface area contributed by atoms with Gasteiger partial charge in [0.1, 0.15) is 5.51 Å². The second-order valence-electron chi connectivity index (χ2n) is 2.49. The molecule has 0 bridgehead atoms. The number of nitrogens with zero attached hydrogens (tertiary/aromatic N) is 3. The highest BCUT2D eigenvalue weighted by Crippen LogP contribution is 2.30. The first-order valence-corrected chi connectivity index (χ1v) is 5.66. The van der Waals surface area contributed by atoms with Crippen LogP contribution in [0.4, 0.5) is 0 Å². The first-order valence-electron chi connectivity index (χ1n) is 3.97. The van der Waals surface area contributed by atoms with Crippen molar-refractivity contribution in [3.63, 3.8) is 0 Å². The molecule has 2 rings (SSSR count). The van der Waals surface area contributed by atoms with Gasteiger partial charge in [-0.25, -0.2) is 0 Å². The van der Waals surface area contributed by atoms with Crippen LogP contribution in [-0.2, 0) is 6.54 Å². The number of hydrogen-bond donors (Lipinski definition) is 1. The molecule has 0 spiro atoms. The Hall–Kier alpha value is -0.980. The van der Waals surface area contributed by atoms with Crippen LogP contribution in [0.3, 0.4) is 0 Å². The number of hydrogen-bond acceptors (Lipinski definition) is 6. The van der Waals surface area contributed by atoms with E-state index in [0.717, 1.165) is 14.8 Å². The van der Waals surface area contributed by atoms with Crippen LogP contribution in [0.15, 0.2) is 33.2 Å². The number of aromatic nitrogens is 3. The molecule has 0 aliphatic carbocycles. The zero-order valence-electron chi connectivity index (χ0n) is 7.25. The van der Waals surface area contributed by atoms with E-state index in [2.05, 4.69) is 15.2 Å². The number of rotatable bonds is 3. The molecule has 0 aliphatic rings. The fourth-order valence-electron chi connectivity index (χ4n) is 0.969. The molecule has 0 amide bonds. The molecule has 4 nitrogen and oxygen atoms in total. The van der Waals surface area contributed by atoms with E-state index in [1.807, 2.05) is 6.07 Å². The molecule has 0 aromatic carbocycles. The van der Waals surface area contributed by atoms with Crippen molar-refractivity contribution in [3.8, 4) is 0 Å². The van der Waals surface area contributed by atoms with Crippen molar-refractivity contribution < 1.29 is 0 Å². The van der Waals surface area contributed by atoms with E-state index in [-0.39, 0.29) is 0 Å². The van der Waals surface area contributed by atoms with Gasteiger partial charge >= 0.3 is 0 Å². The van der Waals surface area contributed by atoms with Gasteiger partial charge in [-0.05, 0) is 11.6 Å². The maximum Gasteiger partial charge on any atom is 0.178 e. The predicted octanol–water partition coefficient (Wildman–Crippen LogP) is 1.54. The van der Waals surface area contributed by atoms with E-state index in [4.69, 9.17) is 5.73 Å². The molecule has 0 atom stereocenters. The Labute approximate surface area is 89.6 Å². The summed E-state index contributed by atoms with van der Waals surface area (Å²) in [7, 11) is 0. The minimum atomic E-state index is 0.495. The minimum absolute atomic E-state index is 0.495. The summed E-state index contributed by atoms with van der Waals surface area (Å²) in [6, 6.07) is 1.94. The molecule has 0 fully saturated rings. The largest absolute Gasteiger partial charge is 0.326 e. The Balaban J connectivity index is 2.24. The van der Waals surface area contributed by atoms with Crippen LogP contribution in [0, 0.1) is 0 Å². The van der Waals surface area contributed by atoms with Gasteiger partial charge in [0.05, 0.1) is 0 Å². The van der Waals surface area contributed by atoms with Crippen LogP contribution in [0.2, 0.25) is 0 Å². The molecular weight excluding hydrogens is 216 g/mol. The lowest BCUT2D eigenvalue weighted by molar-refractivity contribution is 0.988. The third-order valence-electron chi connectivity index (χ3n) is 1.62. The zero-order valence-corrected chi connectivity index (χ0v) is 8.88. The molecule has 2 N–H and O–H groups in total. The monoisotopic (exact) mass is 224 g/mol. The third-order valence-corrected chi connectivity index (χ3v) is 3.51. The summed E-state index contributed by atoms with van der Waals surface area (Å²) < 4.78 is 0.922. The standard InChI is InChI=1S/C8H8N4S2/c9-3-6-4-10-2-1-7(6)14-8-12-11-5-13-8/h1-2,4-5H,3,9H2. The Kier molecular flexibility index (Phi) is 3.07. The van der Waals surface area contributed by atoms with Crippen molar-refractivity contribution in [3.05, 3.63) is 29.5 Å². The Morgan fingerprint density at radius 3 is 3.14 bits per heavy atom. The maximum atomic E-state index is 5.59. The highest BCUT2D eigenvalue weighted by molar-refractivity contribution is 8.01. The summed E-state index contributed by atoms with van der Waals surface area (Å²) in [5, 5.41) is 7.73. The lowest BCUT2D eigenvalue weighted by Crippen LogP contribution is -1.98. The van der Waals surface area contributed by atoms with Gasteiger partial charge in [0.15, 0.2) is 4.34 Å². The van der Waals surface area contributed by atoms with E-state index in [9.17, 15) is 0 Å². The molecule has 0 saturated carbocycles. The Morgan fingerprint density at radius 2 is 2.43 bits per heavy atom. The summed E-state index contributed by atoms with van der Waals surface area (Å²) in [6.45, 7) is 0.495. The van der Waals surface area contributed by atoms with Crippen LogP contribution < -0.4 is 5.73 Å². The van der Waals surface area contributed by atoms with Gasteiger partial charge in [0, 0.05) is 23.8 Å². The van der Waals surface area contributed by atoms with Crippen LogP contribution in [0.1, 0.15) is 5.56 Å². The quantitative estimate of drug-likeness (QED) is 0.856. The molecule has 2 aromatic rings. The highest BCUT2D eigenvalue weighted by atomic mass is 32.2. The Morgan fingerprint density at radius 1 is 1.50 bits per heavy atom. The van der Waals surface area contributed by atoms with Gasteiger partial charge in [0.25, 0.3) is 0 Å². The van der Waals surface area contributed by atoms with Crippen molar-refractivity contribution in [1.82, 2.24) is 15.2 Å². The first-order chi connectivity index (χ1) is 6.90. The predicted molar refractivity (Wildman–Crippen MR) is 56.2 cm³/mol. The second kappa shape index (κ2) is 4.50. The minimum Gasteiger partial charge on any atom is -0.326 e. The molecule has 72 valence electrons. The molecule has 0 aliphatic heterocycles. The lowest BCUT2D eigenvalue weighted by atomic mass is 10.3. The second-order valence-corrected chi connectivity index (χ2v) is 4.62. The maximum absolute atomic E-state index is 5.59. The van der Waals surface area contributed by atoms with Crippen molar-refractivity contribution >= 4 is 23.1 Å². The van der Waals surface area contributed by atoms with Gasteiger partial charge < -0.3 is 5.73 Å². The number of pyridine rings is 1. The normalized spacial score (nSPS) is 10.4. The molecule has 6 heteroatoms. The lowest BCUT2D eigenvalue weighted by Gasteiger charge is -2.02. The van der Waals surface area contributed by atoms with Crippen molar-refractivity contribution in [2.24, 2.45) is 5.73 Å². The van der Waals surface area contributed by atoms with Gasteiger partial charge in [-0.1, -0.05) is 23.1 Å². The summed E-state index contributed by atoms with van der Waals surface area (Å²) in [5.41, 5.74) is 8.34. The number of nitrogens with two attached hydrogens (primary N) is 1. The van der Waals surface area contributed by atoms with E-state index >= 15 is 0 Å². The van der Waals surface area contributed by atoms with Crippen LogP contribution in [0.25, 0.3) is 0 Å². The van der Waals surface area contributed by atoms with Crippen molar-refractivity contribution in [2.45, 2.75) is 15.8 Å². The molecule has 0 saturated heterocycles. The Bertz CT molecular complexity index is 401. The van der Waals surface area contributed by atoms with Crippen LogP contribution in [0.5, 0.6) is 0 Å². The summed E-state index contributed by atoms with van der Waals surface area (Å²) >= 11 is 3.09. The molecule has 0 radical (unpaired) electrons. The van der Waals surface area contributed by atoms with Crippen molar-refractivity contribution in [2.75, 3.05) is 0 Å². The van der Waals surface area contributed by atoms with E-state index in [1.54, 1.807) is 29.7 Å². The fraction of sp³-hybridized carbons (Fsp3) is 0.125. The SMILES string of the molecule is NCc1cnccc1Sc1nncs1. The zero-order chi connectivity index (χ0) is 9.80. The summed E-state index contributed by atoms with van der Waals surface area (Å²) in [4.78, 5) is 5.12. The molecular formula is C8H8N4S2. The van der Waals surface area contributed by atoms with E-state index < -0.39 is 0 Å². The molecule has 2 aromatic heterocycles. The first kappa shape index (κ1) is 9.57. The molecule has 14 heavy (non-hydrogen) atoms. The van der Waals surface area contributed by atoms with Crippen molar-refractivity contribution in [1.29, 1.82) is 0 Å². The highest BCUT2D eigenvalue weighted by Gasteiger charge is 2.04. The summed E-state index contributed by atoms with van der Waals surface area (Å²) in [6.07, 6.45) is 3.53. The fourth-order valence-corrected chi connectivity index (χ4v) is 2.51.